The van der Waals surface area contributed by atoms with Crippen LogP contribution in [0.2, 0.25) is 5.02 Å². The average molecular weight is 284 g/mol. The molecule has 2 rings (SSSR count). The Morgan fingerprint density at radius 2 is 2.16 bits per heavy atom. The van der Waals surface area contributed by atoms with Crippen LogP contribution in [0, 0.1) is 0 Å². The molecule has 1 fully saturated rings. The Balaban J connectivity index is 1.85. The lowest BCUT2D eigenvalue weighted by atomic mass is 10.4. The Hall–Kier alpha value is -1.07. The Labute approximate surface area is 119 Å². The zero-order chi connectivity index (χ0) is 13.7. The number of hydrogen-bond donors (Lipinski definition) is 2. The summed E-state index contributed by atoms with van der Waals surface area (Å²) < 4.78 is 0. The Morgan fingerprint density at radius 1 is 1.37 bits per heavy atom. The van der Waals surface area contributed by atoms with E-state index < -0.39 is 0 Å². The molecule has 5 nitrogen and oxygen atoms in total. The number of aromatic nitrogens is 2. The van der Waals surface area contributed by atoms with Crippen LogP contribution in [0.1, 0.15) is 26.7 Å². The zero-order valence-electron chi connectivity index (χ0n) is 11.6. The fourth-order valence-electron chi connectivity index (χ4n) is 2.09. The second-order valence-corrected chi connectivity index (χ2v) is 5.11. The highest BCUT2D eigenvalue weighted by Gasteiger charge is 2.27. The SMILES string of the molecule is CCNc1ncc(Cl)c(NCCN(CC)C2CC2)n1. The fourth-order valence-corrected chi connectivity index (χ4v) is 2.25. The second kappa shape index (κ2) is 6.91. The molecule has 0 atom stereocenters. The van der Waals surface area contributed by atoms with Crippen LogP contribution in [0.15, 0.2) is 6.20 Å². The lowest BCUT2D eigenvalue weighted by molar-refractivity contribution is 0.289. The molecule has 19 heavy (non-hydrogen) atoms. The highest BCUT2D eigenvalue weighted by Crippen LogP contribution is 2.26. The average Bonchev–Trinajstić information content (AvgIpc) is 3.23. The van der Waals surface area contributed by atoms with Gasteiger partial charge in [-0.2, -0.15) is 4.98 Å². The normalized spacial score (nSPS) is 14.7. The van der Waals surface area contributed by atoms with E-state index in [9.17, 15) is 0 Å². The first kappa shape index (κ1) is 14.3. The van der Waals surface area contributed by atoms with E-state index in [2.05, 4.69) is 32.4 Å². The van der Waals surface area contributed by atoms with Crippen LogP contribution < -0.4 is 10.6 Å². The third kappa shape index (κ3) is 4.21. The monoisotopic (exact) mass is 283 g/mol. The van der Waals surface area contributed by atoms with Crippen LogP contribution in [0.5, 0.6) is 0 Å². The summed E-state index contributed by atoms with van der Waals surface area (Å²) in [6.07, 6.45) is 4.31. The van der Waals surface area contributed by atoms with Crippen molar-refractivity contribution < 1.29 is 0 Å². The molecule has 1 saturated carbocycles. The van der Waals surface area contributed by atoms with Gasteiger partial charge in [0.15, 0.2) is 5.82 Å². The van der Waals surface area contributed by atoms with Crippen molar-refractivity contribution in [1.82, 2.24) is 14.9 Å². The molecule has 0 saturated heterocycles. The molecule has 1 aliphatic carbocycles. The van der Waals surface area contributed by atoms with E-state index in [0.29, 0.717) is 16.8 Å². The predicted octanol–water partition coefficient (Wildman–Crippen LogP) is 2.46. The molecular formula is C13H22ClN5. The molecule has 0 aliphatic heterocycles. The minimum Gasteiger partial charge on any atom is -0.367 e. The van der Waals surface area contributed by atoms with Crippen molar-refractivity contribution in [2.75, 3.05) is 36.8 Å². The van der Waals surface area contributed by atoms with Crippen molar-refractivity contribution >= 4 is 23.4 Å². The standard InChI is InChI=1S/C13H22ClN5/c1-3-15-13-17-9-11(14)12(18-13)16-7-8-19(4-2)10-5-6-10/h9-10H,3-8H2,1-2H3,(H2,15,16,17,18). The highest BCUT2D eigenvalue weighted by atomic mass is 35.5. The summed E-state index contributed by atoms with van der Waals surface area (Å²) in [5.74, 6) is 1.32. The van der Waals surface area contributed by atoms with E-state index in [1.54, 1.807) is 6.20 Å². The quantitative estimate of drug-likeness (QED) is 0.768. The van der Waals surface area contributed by atoms with Gasteiger partial charge in [-0.1, -0.05) is 18.5 Å². The third-order valence-electron chi connectivity index (χ3n) is 3.24. The Bertz CT molecular complexity index is 408. The summed E-state index contributed by atoms with van der Waals surface area (Å²) in [4.78, 5) is 11.0. The molecule has 0 bridgehead atoms. The number of nitrogens with zero attached hydrogens (tertiary/aromatic N) is 3. The van der Waals surface area contributed by atoms with Crippen molar-refractivity contribution in [3.05, 3.63) is 11.2 Å². The summed E-state index contributed by atoms with van der Waals surface area (Å²) in [5.41, 5.74) is 0. The molecule has 0 unspecified atom stereocenters. The highest BCUT2D eigenvalue weighted by molar-refractivity contribution is 6.32. The van der Waals surface area contributed by atoms with E-state index in [1.807, 2.05) is 6.92 Å². The van der Waals surface area contributed by atoms with Crippen molar-refractivity contribution in [3.8, 4) is 0 Å². The maximum Gasteiger partial charge on any atom is 0.224 e. The van der Waals surface area contributed by atoms with Gasteiger partial charge >= 0.3 is 0 Å². The first-order chi connectivity index (χ1) is 9.24. The van der Waals surface area contributed by atoms with Crippen LogP contribution in [-0.2, 0) is 0 Å². The number of nitrogens with one attached hydrogen (secondary N) is 2. The summed E-state index contributed by atoms with van der Waals surface area (Å²) >= 11 is 6.09. The molecule has 1 aromatic rings. The van der Waals surface area contributed by atoms with Crippen molar-refractivity contribution in [2.45, 2.75) is 32.7 Å². The summed E-state index contributed by atoms with van der Waals surface area (Å²) in [6.45, 7) is 8.00. The molecule has 0 radical (unpaired) electrons. The van der Waals surface area contributed by atoms with E-state index in [4.69, 9.17) is 11.6 Å². The summed E-state index contributed by atoms with van der Waals surface area (Å²) in [7, 11) is 0. The smallest absolute Gasteiger partial charge is 0.224 e. The lowest BCUT2D eigenvalue weighted by Gasteiger charge is -2.20. The minimum absolute atomic E-state index is 0.566. The molecule has 6 heteroatoms. The van der Waals surface area contributed by atoms with E-state index in [-0.39, 0.29) is 0 Å². The molecule has 0 amide bonds. The zero-order valence-corrected chi connectivity index (χ0v) is 12.4. The first-order valence-corrected chi connectivity index (χ1v) is 7.36. The van der Waals surface area contributed by atoms with Gasteiger partial charge in [0, 0.05) is 25.7 Å². The maximum atomic E-state index is 6.09. The molecule has 106 valence electrons. The van der Waals surface area contributed by atoms with Crippen molar-refractivity contribution in [1.29, 1.82) is 0 Å². The van der Waals surface area contributed by atoms with E-state index in [1.165, 1.54) is 12.8 Å². The van der Waals surface area contributed by atoms with Gasteiger partial charge in [0.1, 0.15) is 5.02 Å². The lowest BCUT2D eigenvalue weighted by Crippen LogP contribution is -2.31. The summed E-state index contributed by atoms with van der Waals surface area (Å²) in [6, 6.07) is 0.796. The number of likely N-dealkylation sites (N-methyl/N-ethyl adjacent to an activating group) is 1. The maximum absolute atomic E-state index is 6.09. The number of rotatable bonds is 8. The second-order valence-electron chi connectivity index (χ2n) is 4.71. The molecule has 1 aromatic heterocycles. The Kier molecular flexibility index (Phi) is 5.22. The molecule has 0 aromatic carbocycles. The van der Waals surface area contributed by atoms with Gasteiger partial charge in [-0.25, -0.2) is 4.98 Å². The largest absolute Gasteiger partial charge is 0.367 e. The molecule has 1 aliphatic rings. The number of anilines is 2. The van der Waals surface area contributed by atoms with Crippen molar-refractivity contribution in [2.24, 2.45) is 0 Å². The molecule has 1 heterocycles. The van der Waals surface area contributed by atoms with Crippen LogP contribution in [-0.4, -0.2) is 47.1 Å². The number of hydrogen-bond acceptors (Lipinski definition) is 5. The fraction of sp³-hybridized carbons (Fsp3) is 0.692. The van der Waals surface area contributed by atoms with E-state index in [0.717, 1.165) is 32.2 Å². The number of halogens is 1. The molecule has 2 N–H and O–H groups in total. The van der Waals surface area contributed by atoms with Gasteiger partial charge in [0.2, 0.25) is 5.95 Å². The molecule has 0 spiro atoms. The van der Waals surface area contributed by atoms with Crippen LogP contribution >= 0.6 is 11.6 Å². The topological polar surface area (TPSA) is 53.1 Å². The first-order valence-electron chi connectivity index (χ1n) is 6.99. The van der Waals surface area contributed by atoms with Gasteiger partial charge in [-0.3, -0.25) is 4.90 Å². The van der Waals surface area contributed by atoms with Crippen LogP contribution in [0.25, 0.3) is 0 Å². The Morgan fingerprint density at radius 3 is 2.79 bits per heavy atom. The van der Waals surface area contributed by atoms with Crippen molar-refractivity contribution in [3.63, 3.8) is 0 Å². The van der Waals surface area contributed by atoms with Gasteiger partial charge in [0.25, 0.3) is 0 Å². The minimum atomic E-state index is 0.566. The van der Waals surface area contributed by atoms with Gasteiger partial charge in [-0.05, 0) is 26.3 Å². The van der Waals surface area contributed by atoms with Gasteiger partial charge in [-0.15, -0.1) is 0 Å². The van der Waals surface area contributed by atoms with E-state index >= 15 is 0 Å². The predicted molar refractivity (Wildman–Crippen MR) is 80.0 cm³/mol. The van der Waals surface area contributed by atoms with Gasteiger partial charge < -0.3 is 10.6 Å². The van der Waals surface area contributed by atoms with Gasteiger partial charge in [0.05, 0.1) is 6.20 Å². The molecular weight excluding hydrogens is 262 g/mol. The third-order valence-corrected chi connectivity index (χ3v) is 3.52. The van der Waals surface area contributed by atoms with Crippen LogP contribution in [0.4, 0.5) is 11.8 Å². The summed E-state index contributed by atoms with van der Waals surface area (Å²) in [5, 5.41) is 6.94. The van der Waals surface area contributed by atoms with Crippen LogP contribution in [0.3, 0.4) is 0 Å².